The summed E-state index contributed by atoms with van der Waals surface area (Å²) in [5.74, 6) is -0.959. The summed E-state index contributed by atoms with van der Waals surface area (Å²) in [6.45, 7) is 3.78. The SMILES string of the molecule is CCCNc1nc(N2Cc3ccccc3C2)c(F)cc1F. The number of nitrogens with one attached hydrogen (secondary N) is 1. The lowest BCUT2D eigenvalue weighted by atomic mass is 10.1. The molecule has 110 valence electrons. The number of anilines is 2. The van der Waals surface area contributed by atoms with Crippen molar-refractivity contribution in [2.24, 2.45) is 0 Å². The standard InChI is InChI=1S/C16H17F2N3/c1-2-7-19-15-13(17)8-14(18)16(20-15)21-9-11-5-3-4-6-12(11)10-21/h3-6,8H,2,7,9-10H2,1H3,(H,19,20). The van der Waals surface area contributed by atoms with Gasteiger partial charge in [-0.05, 0) is 17.5 Å². The van der Waals surface area contributed by atoms with Gasteiger partial charge < -0.3 is 10.2 Å². The molecule has 5 heteroatoms. The van der Waals surface area contributed by atoms with E-state index >= 15 is 0 Å². The fourth-order valence-electron chi connectivity index (χ4n) is 2.53. The summed E-state index contributed by atoms with van der Waals surface area (Å²) < 4.78 is 27.8. The monoisotopic (exact) mass is 289 g/mol. The molecule has 0 radical (unpaired) electrons. The average molecular weight is 289 g/mol. The maximum Gasteiger partial charge on any atom is 0.168 e. The van der Waals surface area contributed by atoms with E-state index in [1.165, 1.54) is 0 Å². The van der Waals surface area contributed by atoms with Crippen molar-refractivity contribution in [2.45, 2.75) is 26.4 Å². The van der Waals surface area contributed by atoms with Crippen molar-refractivity contribution < 1.29 is 8.78 Å². The second kappa shape index (κ2) is 5.68. The normalized spacial score (nSPS) is 13.4. The minimum Gasteiger partial charge on any atom is -0.368 e. The van der Waals surface area contributed by atoms with Crippen LogP contribution < -0.4 is 10.2 Å². The third-order valence-corrected chi connectivity index (χ3v) is 3.59. The minimum atomic E-state index is -0.651. The number of halogens is 2. The maximum atomic E-state index is 14.1. The van der Waals surface area contributed by atoms with E-state index in [1.807, 2.05) is 36.1 Å². The van der Waals surface area contributed by atoms with Gasteiger partial charge in [-0.15, -0.1) is 0 Å². The van der Waals surface area contributed by atoms with Gasteiger partial charge in [0.25, 0.3) is 0 Å². The van der Waals surface area contributed by atoms with E-state index in [2.05, 4.69) is 10.3 Å². The zero-order valence-corrected chi connectivity index (χ0v) is 11.9. The van der Waals surface area contributed by atoms with Gasteiger partial charge in [-0.3, -0.25) is 0 Å². The van der Waals surface area contributed by atoms with Gasteiger partial charge in [-0.1, -0.05) is 31.2 Å². The molecule has 0 saturated heterocycles. The van der Waals surface area contributed by atoms with E-state index in [0.717, 1.165) is 23.6 Å². The van der Waals surface area contributed by atoms with Crippen molar-refractivity contribution in [3.63, 3.8) is 0 Å². The molecule has 1 N–H and O–H groups in total. The van der Waals surface area contributed by atoms with Gasteiger partial charge in [0.1, 0.15) is 0 Å². The summed E-state index contributed by atoms with van der Waals surface area (Å²) in [6.07, 6.45) is 0.850. The summed E-state index contributed by atoms with van der Waals surface area (Å²) >= 11 is 0. The summed E-state index contributed by atoms with van der Waals surface area (Å²) in [6, 6.07) is 8.87. The molecule has 0 saturated carbocycles. The predicted molar refractivity (Wildman–Crippen MR) is 79.3 cm³/mol. The van der Waals surface area contributed by atoms with Crippen LogP contribution in [0.2, 0.25) is 0 Å². The number of fused-ring (bicyclic) bond motifs is 1. The summed E-state index contributed by atoms with van der Waals surface area (Å²) in [5, 5.41) is 2.90. The van der Waals surface area contributed by atoms with Gasteiger partial charge in [-0.25, -0.2) is 13.8 Å². The third-order valence-electron chi connectivity index (χ3n) is 3.59. The maximum absolute atomic E-state index is 14.1. The van der Waals surface area contributed by atoms with Crippen LogP contribution in [0.15, 0.2) is 30.3 Å². The molecule has 1 aliphatic rings. The van der Waals surface area contributed by atoms with Gasteiger partial charge >= 0.3 is 0 Å². The van der Waals surface area contributed by atoms with Crippen LogP contribution in [0.1, 0.15) is 24.5 Å². The summed E-state index contributed by atoms with van der Waals surface area (Å²) in [7, 11) is 0. The van der Waals surface area contributed by atoms with E-state index in [-0.39, 0.29) is 11.6 Å². The molecule has 1 aromatic heterocycles. The minimum absolute atomic E-state index is 0.115. The van der Waals surface area contributed by atoms with Crippen molar-refractivity contribution in [3.05, 3.63) is 53.1 Å². The van der Waals surface area contributed by atoms with Crippen LogP contribution in [0.4, 0.5) is 20.4 Å². The Kier molecular flexibility index (Phi) is 3.73. The molecule has 3 nitrogen and oxygen atoms in total. The Balaban J connectivity index is 1.89. The van der Waals surface area contributed by atoms with Crippen molar-refractivity contribution >= 4 is 11.6 Å². The zero-order chi connectivity index (χ0) is 14.8. The second-order valence-corrected chi connectivity index (χ2v) is 5.18. The van der Waals surface area contributed by atoms with Crippen LogP contribution in [-0.4, -0.2) is 11.5 Å². The predicted octanol–water partition coefficient (Wildman–Crippen LogP) is 3.70. The first-order valence-corrected chi connectivity index (χ1v) is 7.10. The quantitative estimate of drug-likeness (QED) is 0.930. The number of nitrogens with zero attached hydrogens (tertiary/aromatic N) is 2. The van der Waals surface area contributed by atoms with E-state index in [9.17, 15) is 8.78 Å². The van der Waals surface area contributed by atoms with Gasteiger partial charge in [0.15, 0.2) is 23.3 Å². The molecule has 2 heterocycles. The van der Waals surface area contributed by atoms with Crippen LogP contribution in [0, 0.1) is 11.6 Å². The molecule has 0 spiro atoms. The molecule has 3 rings (SSSR count). The van der Waals surface area contributed by atoms with Gasteiger partial charge in [0.05, 0.1) is 0 Å². The molecule has 1 aromatic carbocycles. The summed E-state index contributed by atoms with van der Waals surface area (Å²) in [4.78, 5) is 5.97. The first-order valence-electron chi connectivity index (χ1n) is 7.10. The lowest BCUT2D eigenvalue weighted by Crippen LogP contribution is -2.19. The highest BCUT2D eigenvalue weighted by atomic mass is 19.1. The Morgan fingerprint density at radius 1 is 1.14 bits per heavy atom. The van der Waals surface area contributed by atoms with Crippen LogP contribution >= 0.6 is 0 Å². The Morgan fingerprint density at radius 2 is 1.81 bits per heavy atom. The highest BCUT2D eigenvalue weighted by Crippen LogP contribution is 2.30. The van der Waals surface area contributed by atoms with Crippen LogP contribution in [0.3, 0.4) is 0 Å². The van der Waals surface area contributed by atoms with E-state index in [1.54, 1.807) is 0 Å². The molecular weight excluding hydrogens is 272 g/mol. The number of benzene rings is 1. The van der Waals surface area contributed by atoms with Crippen LogP contribution in [0.25, 0.3) is 0 Å². The number of rotatable bonds is 4. The Morgan fingerprint density at radius 3 is 2.43 bits per heavy atom. The van der Waals surface area contributed by atoms with Crippen molar-refractivity contribution in [1.29, 1.82) is 0 Å². The molecular formula is C16H17F2N3. The fraction of sp³-hybridized carbons (Fsp3) is 0.312. The lowest BCUT2D eigenvalue weighted by molar-refractivity contribution is 0.570. The molecule has 0 atom stereocenters. The zero-order valence-electron chi connectivity index (χ0n) is 11.9. The number of pyridine rings is 1. The molecule has 0 unspecified atom stereocenters. The van der Waals surface area contributed by atoms with E-state index in [4.69, 9.17) is 0 Å². The molecule has 21 heavy (non-hydrogen) atoms. The van der Waals surface area contributed by atoms with E-state index in [0.29, 0.717) is 19.6 Å². The van der Waals surface area contributed by atoms with Gasteiger partial charge in [0, 0.05) is 25.7 Å². The fourth-order valence-corrected chi connectivity index (χ4v) is 2.53. The van der Waals surface area contributed by atoms with Gasteiger partial charge in [0.2, 0.25) is 0 Å². The highest BCUT2D eigenvalue weighted by Gasteiger charge is 2.23. The van der Waals surface area contributed by atoms with Gasteiger partial charge in [-0.2, -0.15) is 0 Å². The molecule has 0 fully saturated rings. The number of hydrogen-bond acceptors (Lipinski definition) is 3. The summed E-state index contributed by atoms with van der Waals surface area (Å²) in [5.41, 5.74) is 2.32. The number of aromatic nitrogens is 1. The average Bonchev–Trinajstić information content (AvgIpc) is 2.90. The largest absolute Gasteiger partial charge is 0.368 e. The molecule has 0 aliphatic carbocycles. The Bertz CT molecular complexity index is 633. The third kappa shape index (κ3) is 2.68. The molecule has 0 amide bonds. The topological polar surface area (TPSA) is 28.2 Å². The first-order chi connectivity index (χ1) is 10.2. The van der Waals surface area contributed by atoms with Crippen LogP contribution in [0.5, 0.6) is 0 Å². The van der Waals surface area contributed by atoms with Crippen molar-refractivity contribution in [2.75, 3.05) is 16.8 Å². The lowest BCUT2D eigenvalue weighted by Gasteiger charge is -2.18. The van der Waals surface area contributed by atoms with Crippen molar-refractivity contribution in [3.8, 4) is 0 Å². The first kappa shape index (κ1) is 13.8. The highest BCUT2D eigenvalue weighted by molar-refractivity contribution is 5.52. The van der Waals surface area contributed by atoms with Crippen LogP contribution in [-0.2, 0) is 13.1 Å². The number of hydrogen-bond donors (Lipinski definition) is 1. The Hall–Kier alpha value is -2.17. The molecule has 1 aliphatic heterocycles. The molecule has 0 bridgehead atoms. The second-order valence-electron chi connectivity index (χ2n) is 5.18. The smallest absolute Gasteiger partial charge is 0.168 e. The van der Waals surface area contributed by atoms with E-state index < -0.39 is 11.6 Å². The Labute approximate surface area is 122 Å². The van der Waals surface area contributed by atoms with Crippen molar-refractivity contribution in [1.82, 2.24) is 4.98 Å². The molecule has 2 aromatic rings.